The third-order valence-corrected chi connectivity index (χ3v) is 9.57. The van der Waals surface area contributed by atoms with Gasteiger partial charge in [-0.3, -0.25) is 28.8 Å². The SMILES string of the molecule is CCC(=O)NC(Cc1ccc(NC(=O)[C@@H](NC(=O)c2ccnn2C)C2CCCCC2)cc1)C(=O)N1CCN(Cc2cccc(Cl)c2)CC1. The highest BCUT2D eigenvalue weighted by atomic mass is 35.5. The normalized spacial score (nSPS) is 16.9. The Hall–Kier alpha value is -4.22. The Morgan fingerprint density at radius 1 is 0.917 bits per heavy atom. The first-order chi connectivity index (χ1) is 23.2. The molecule has 2 fully saturated rings. The quantitative estimate of drug-likeness (QED) is 0.264. The molecule has 48 heavy (non-hydrogen) atoms. The third-order valence-electron chi connectivity index (χ3n) is 9.34. The van der Waals surface area contributed by atoms with E-state index in [1.165, 1.54) is 4.68 Å². The van der Waals surface area contributed by atoms with Crippen LogP contribution in [0.4, 0.5) is 5.69 Å². The molecular weight excluding hydrogens is 630 g/mol. The number of anilines is 1. The maximum atomic E-state index is 13.7. The molecule has 2 atom stereocenters. The monoisotopic (exact) mass is 675 g/mol. The minimum atomic E-state index is -0.699. The number of hydrogen-bond donors (Lipinski definition) is 3. The molecule has 256 valence electrons. The van der Waals surface area contributed by atoms with E-state index in [-0.39, 0.29) is 36.0 Å². The van der Waals surface area contributed by atoms with Crippen LogP contribution in [0.3, 0.4) is 0 Å². The Kier molecular flexibility index (Phi) is 12.2. The number of hydrogen-bond acceptors (Lipinski definition) is 6. The molecule has 0 radical (unpaired) electrons. The van der Waals surface area contributed by atoms with E-state index in [4.69, 9.17) is 11.6 Å². The lowest BCUT2D eigenvalue weighted by Crippen LogP contribution is -2.55. The van der Waals surface area contributed by atoms with Gasteiger partial charge in [-0.1, -0.05) is 62.1 Å². The number of halogens is 1. The summed E-state index contributed by atoms with van der Waals surface area (Å²) in [4.78, 5) is 56.8. The fourth-order valence-electron chi connectivity index (χ4n) is 6.59. The van der Waals surface area contributed by atoms with Crippen molar-refractivity contribution in [3.05, 3.63) is 82.6 Å². The minimum absolute atomic E-state index is 0.0443. The van der Waals surface area contributed by atoms with E-state index in [0.29, 0.717) is 35.9 Å². The third kappa shape index (κ3) is 9.44. The van der Waals surface area contributed by atoms with E-state index < -0.39 is 12.1 Å². The van der Waals surface area contributed by atoms with Crippen molar-refractivity contribution in [2.75, 3.05) is 31.5 Å². The van der Waals surface area contributed by atoms with Gasteiger partial charge >= 0.3 is 0 Å². The number of amides is 4. The predicted octanol–water partition coefficient (Wildman–Crippen LogP) is 4.17. The number of carbonyl (C=O) groups excluding carboxylic acids is 4. The van der Waals surface area contributed by atoms with Crippen molar-refractivity contribution >= 4 is 40.9 Å². The Balaban J connectivity index is 1.20. The maximum Gasteiger partial charge on any atom is 0.270 e. The summed E-state index contributed by atoms with van der Waals surface area (Å²) >= 11 is 6.15. The van der Waals surface area contributed by atoms with Gasteiger partial charge in [0.25, 0.3) is 5.91 Å². The molecule has 2 heterocycles. The van der Waals surface area contributed by atoms with Crippen LogP contribution >= 0.6 is 11.6 Å². The minimum Gasteiger partial charge on any atom is -0.344 e. The van der Waals surface area contributed by atoms with Crippen LogP contribution in [0.15, 0.2) is 60.8 Å². The molecule has 1 aromatic heterocycles. The fourth-order valence-corrected chi connectivity index (χ4v) is 6.81. The molecule has 1 saturated heterocycles. The smallest absolute Gasteiger partial charge is 0.270 e. The summed E-state index contributed by atoms with van der Waals surface area (Å²) in [6, 6.07) is 15.4. The number of nitrogens with one attached hydrogen (secondary N) is 3. The molecule has 0 bridgehead atoms. The number of aromatic nitrogens is 2. The number of benzene rings is 2. The van der Waals surface area contributed by atoms with Crippen LogP contribution in [-0.4, -0.2) is 81.5 Å². The average molecular weight is 676 g/mol. The van der Waals surface area contributed by atoms with E-state index >= 15 is 0 Å². The topological polar surface area (TPSA) is 129 Å². The van der Waals surface area contributed by atoms with Gasteiger partial charge in [-0.15, -0.1) is 0 Å². The van der Waals surface area contributed by atoms with Gasteiger partial charge in [0.1, 0.15) is 17.8 Å². The van der Waals surface area contributed by atoms with Crippen LogP contribution in [0, 0.1) is 5.92 Å². The molecule has 2 aliphatic rings. The van der Waals surface area contributed by atoms with Gasteiger partial charge in [0.05, 0.1) is 0 Å². The number of carbonyl (C=O) groups is 4. The molecule has 0 spiro atoms. The van der Waals surface area contributed by atoms with Crippen molar-refractivity contribution in [3.63, 3.8) is 0 Å². The highest BCUT2D eigenvalue weighted by Gasteiger charge is 2.32. The highest BCUT2D eigenvalue weighted by Crippen LogP contribution is 2.28. The molecule has 11 nitrogen and oxygen atoms in total. The van der Waals surface area contributed by atoms with Gasteiger partial charge < -0.3 is 20.9 Å². The van der Waals surface area contributed by atoms with Gasteiger partial charge in [0, 0.05) is 69.5 Å². The molecule has 3 aromatic rings. The molecule has 3 N–H and O–H groups in total. The zero-order chi connectivity index (χ0) is 34.0. The first-order valence-electron chi connectivity index (χ1n) is 16.9. The standard InChI is InChI=1S/C36H46ClN7O4/c1-3-32(45)40-30(36(48)44-20-18-43(19-21-44)24-26-8-7-11-28(37)22-26)23-25-12-14-29(15-13-25)39-35(47)33(27-9-5-4-6-10-27)41-34(46)31-16-17-38-42(31)2/h7-8,11-17,22,27,30,33H,3-6,9-10,18-21,23-24H2,1-2H3,(H,39,47)(H,40,45)(H,41,46)/t30?,33-/m0/s1. The van der Waals surface area contributed by atoms with Crippen LogP contribution in [0.2, 0.25) is 5.02 Å². The first kappa shape index (κ1) is 35.1. The zero-order valence-corrected chi connectivity index (χ0v) is 28.5. The molecule has 2 aromatic carbocycles. The van der Waals surface area contributed by atoms with Crippen molar-refractivity contribution < 1.29 is 19.2 Å². The van der Waals surface area contributed by atoms with Crippen LogP contribution in [0.1, 0.15) is 67.1 Å². The Morgan fingerprint density at radius 2 is 1.65 bits per heavy atom. The molecule has 1 saturated carbocycles. The van der Waals surface area contributed by atoms with Crippen LogP contribution < -0.4 is 16.0 Å². The van der Waals surface area contributed by atoms with Gasteiger partial charge in [-0.25, -0.2) is 0 Å². The van der Waals surface area contributed by atoms with E-state index in [2.05, 4.69) is 25.9 Å². The number of rotatable bonds is 12. The van der Waals surface area contributed by atoms with Gasteiger partial charge in [0.15, 0.2) is 0 Å². The Bertz CT molecular complexity index is 1560. The molecule has 1 aliphatic carbocycles. The van der Waals surface area contributed by atoms with Crippen LogP contribution in [0.25, 0.3) is 0 Å². The van der Waals surface area contributed by atoms with E-state index in [1.54, 1.807) is 38.4 Å². The summed E-state index contributed by atoms with van der Waals surface area (Å²) in [6.07, 6.45) is 7.09. The van der Waals surface area contributed by atoms with Gasteiger partial charge in [-0.2, -0.15) is 5.10 Å². The van der Waals surface area contributed by atoms with Crippen molar-refractivity contribution in [1.29, 1.82) is 0 Å². The second-order valence-electron chi connectivity index (χ2n) is 12.8. The van der Waals surface area contributed by atoms with E-state index in [1.807, 2.05) is 41.3 Å². The fraction of sp³-hybridized carbons (Fsp3) is 0.472. The van der Waals surface area contributed by atoms with Crippen LogP contribution in [-0.2, 0) is 34.4 Å². The summed E-state index contributed by atoms with van der Waals surface area (Å²) in [5.74, 6) is -0.830. The summed E-state index contributed by atoms with van der Waals surface area (Å²) in [5, 5.41) is 13.7. The van der Waals surface area contributed by atoms with Crippen LogP contribution in [0.5, 0.6) is 0 Å². The summed E-state index contributed by atoms with van der Waals surface area (Å²) in [6.45, 7) is 5.13. The molecule has 1 aliphatic heterocycles. The summed E-state index contributed by atoms with van der Waals surface area (Å²) < 4.78 is 1.49. The van der Waals surface area contributed by atoms with Gasteiger partial charge in [0.2, 0.25) is 17.7 Å². The maximum absolute atomic E-state index is 13.7. The second-order valence-corrected chi connectivity index (χ2v) is 13.2. The second kappa shape index (κ2) is 16.7. The largest absolute Gasteiger partial charge is 0.344 e. The lowest BCUT2D eigenvalue weighted by molar-refractivity contribution is -0.138. The Labute approximate surface area is 287 Å². The predicted molar refractivity (Wildman–Crippen MR) is 185 cm³/mol. The lowest BCUT2D eigenvalue weighted by atomic mass is 9.83. The summed E-state index contributed by atoms with van der Waals surface area (Å²) in [5.41, 5.74) is 2.98. The number of aryl methyl sites for hydroxylation is 1. The first-order valence-corrected chi connectivity index (χ1v) is 17.3. The van der Waals surface area contributed by atoms with Crippen molar-refractivity contribution in [2.24, 2.45) is 13.0 Å². The molecule has 1 unspecified atom stereocenters. The van der Waals surface area contributed by atoms with Gasteiger partial charge in [-0.05, 0) is 60.2 Å². The van der Waals surface area contributed by atoms with Crippen molar-refractivity contribution in [3.8, 4) is 0 Å². The number of piperazine rings is 1. The average Bonchev–Trinajstić information content (AvgIpc) is 3.53. The Morgan fingerprint density at radius 3 is 2.29 bits per heavy atom. The summed E-state index contributed by atoms with van der Waals surface area (Å²) in [7, 11) is 1.70. The molecular formula is C36H46ClN7O4. The van der Waals surface area contributed by atoms with E-state index in [9.17, 15) is 19.2 Å². The molecule has 5 rings (SSSR count). The highest BCUT2D eigenvalue weighted by molar-refractivity contribution is 6.30. The van der Waals surface area contributed by atoms with E-state index in [0.717, 1.165) is 62.9 Å². The van der Waals surface area contributed by atoms with Crippen molar-refractivity contribution in [2.45, 2.75) is 70.5 Å². The number of nitrogens with zero attached hydrogens (tertiary/aromatic N) is 4. The van der Waals surface area contributed by atoms with Crippen molar-refractivity contribution in [1.82, 2.24) is 30.2 Å². The molecule has 12 heteroatoms. The molecule has 4 amide bonds. The zero-order valence-electron chi connectivity index (χ0n) is 27.8. The lowest BCUT2D eigenvalue weighted by Gasteiger charge is -2.36.